The number of nitrogens with one attached hydrogen (secondary N) is 1. The Bertz CT molecular complexity index is 1030. The van der Waals surface area contributed by atoms with Gasteiger partial charge in [0.1, 0.15) is 11.3 Å². The van der Waals surface area contributed by atoms with Crippen LogP contribution in [0.3, 0.4) is 0 Å². The molecular weight excluding hydrogens is 431 g/mol. The highest BCUT2D eigenvalue weighted by Gasteiger charge is 2.51. The van der Waals surface area contributed by atoms with Crippen molar-refractivity contribution in [3.63, 3.8) is 0 Å². The first-order valence-corrected chi connectivity index (χ1v) is 11.7. The minimum Gasteiger partial charge on any atom is -0.490 e. The van der Waals surface area contributed by atoms with Crippen molar-refractivity contribution >= 4 is 16.7 Å². The van der Waals surface area contributed by atoms with Gasteiger partial charge in [0.25, 0.3) is 0 Å². The molecule has 0 saturated heterocycles. The van der Waals surface area contributed by atoms with E-state index in [1.54, 1.807) is 18.2 Å². The van der Waals surface area contributed by atoms with Crippen LogP contribution in [0.2, 0.25) is 0 Å². The number of carboxylic acids is 1. The van der Waals surface area contributed by atoms with E-state index in [0.717, 1.165) is 31.2 Å². The Morgan fingerprint density at radius 3 is 2.45 bits per heavy atom. The maximum atomic E-state index is 14.0. The molecule has 2 N–H and O–H groups in total. The third-order valence-electron chi connectivity index (χ3n) is 7.70. The monoisotopic (exact) mass is 463 g/mol. The molecule has 0 bridgehead atoms. The van der Waals surface area contributed by atoms with Crippen molar-refractivity contribution in [2.24, 2.45) is 17.3 Å². The zero-order valence-electron chi connectivity index (χ0n) is 19.3. The summed E-state index contributed by atoms with van der Waals surface area (Å²) in [5.41, 5.74) is -0.211. The molecular formula is C26H32F3NO3. The standard InChI is InChI=1S/C26H32F3NO3/c1-15-4-8-18(9-5-15)33-21-11-7-17-12-16(6-10-19(17)23(21)26(27,28)29)14-30-22-13-20(24(31)32)25(22,2)3/h6-7,10-12,15,18,20,22,30H,4-5,8-9,13-14H2,1-3H3,(H,31,32). The van der Waals surface area contributed by atoms with Crippen LogP contribution in [0.4, 0.5) is 13.2 Å². The molecule has 33 heavy (non-hydrogen) atoms. The molecule has 4 rings (SSSR count). The maximum Gasteiger partial charge on any atom is 0.420 e. The highest BCUT2D eigenvalue weighted by atomic mass is 19.4. The predicted octanol–water partition coefficient (Wildman–Crippen LogP) is 6.41. The summed E-state index contributed by atoms with van der Waals surface area (Å²) in [5.74, 6) is -0.664. The Labute approximate surface area is 192 Å². The van der Waals surface area contributed by atoms with E-state index in [1.807, 2.05) is 13.8 Å². The number of alkyl halides is 3. The van der Waals surface area contributed by atoms with Gasteiger partial charge in [-0.25, -0.2) is 0 Å². The van der Waals surface area contributed by atoms with E-state index in [1.165, 1.54) is 12.1 Å². The van der Waals surface area contributed by atoms with Gasteiger partial charge in [-0.3, -0.25) is 4.79 Å². The quantitative estimate of drug-likeness (QED) is 0.520. The van der Waals surface area contributed by atoms with Gasteiger partial charge >= 0.3 is 12.1 Å². The fraction of sp³-hybridized carbons (Fsp3) is 0.577. The Morgan fingerprint density at radius 1 is 1.15 bits per heavy atom. The molecule has 7 heteroatoms. The van der Waals surface area contributed by atoms with Crippen molar-refractivity contribution in [3.05, 3.63) is 41.5 Å². The van der Waals surface area contributed by atoms with Crippen LogP contribution in [0.1, 0.15) is 64.0 Å². The van der Waals surface area contributed by atoms with Crippen LogP contribution < -0.4 is 10.1 Å². The molecule has 2 aliphatic rings. The van der Waals surface area contributed by atoms with Gasteiger partial charge in [0.15, 0.2) is 0 Å². The minimum atomic E-state index is -4.52. The largest absolute Gasteiger partial charge is 0.490 e. The van der Waals surface area contributed by atoms with Crippen LogP contribution in [0.5, 0.6) is 5.75 Å². The van der Waals surface area contributed by atoms with E-state index in [-0.39, 0.29) is 34.6 Å². The highest BCUT2D eigenvalue weighted by Crippen LogP contribution is 2.46. The van der Waals surface area contributed by atoms with E-state index < -0.39 is 17.7 Å². The SMILES string of the molecule is CC1CCC(Oc2ccc3cc(CNC4CC(C(=O)O)C4(C)C)ccc3c2C(F)(F)F)CC1. The van der Waals surface area contributed by atoms with Crippen molar-refractivity contribution in [1.29, 1.82) is 0 Å². The molecule has 0 aliphatic heterocycles. The normalized spacial score (nSPS) is 27.2. The van der Waals surface area contributed by atoms with Crippen molar-refractivity contribution in [2.45, 2.75) is 77.7 Å². The number of hydrogen-bond acceptors (Lipinski definition) is 3. The molecule has 2 unspecified atom stereocenters. The predicted molar refractivity (Wildman–Crippen MR) is 121 cm³/mol. The second kappa shape index (κ2) is 8.82. The van der Waals surface area contributed by atoms with Gasteiger partial charge in [-0.1, -0.05) is 39.0 Å². The third kappa shape index (κ3) is 4.84. The number of carboxylic acid groups (broad SMARTS) is 1. The van der Waals surface area contributed by atoms with E-state index >= 15 is 0 Å². The van der Waals surface area contributed by atoms with E-state index in [9.17, 15) is 23.1 Å². The number of hydrogen-bond donors (Lipinski definition) is 2. The maximum absolute atomic E-state index is 14.0. The molecule has 4 nitrogen and oxygen atoms in total. The molecule has 2 fully saturated rings. The van der Waals surface area contributed by atoms with Crippen LogP contribution >= 0.6 is 0 Å². The second-order valence-corrected chi connectivity index (χ2v) is 10.4. The van der Waals surface area contributed by atoms with Crippen molar-refractivity contribution in [1.82, 2.24) is 5.32 Å². The lowest BCUT2D eigenvalue weighted by Gasteiger charge is -2.50. The summed E-state index contributed by atoms with van der Waals surface area (Å²) in [5, 5.41) is 13.3. The summed E-state index contributed by atoms with van der Waals surface area (Å²) in [6.45, 7) is 6.49. The number of fused-ring (bicyclic) bond motifs is 1. The fourth-order valence-corrected chi connectivity index (χ4v) is 5.32. The molecule has 180 valence electrons. The van der Waals surface area contributed by atoms with E-state index in [4.69, 9.17) is 4.74 Å². The summed E-state index contributed by atoms with van der Waals surface area (Å²) in [6.07, 6.45) is -0.638. The number of benzene rings is 2. The van der Waals surface area contributed by atoms with Crippen LogP contribution in [0.25, 0.3) is 10.8 Å². The molecule has 2 aromatic carbocycles. The Morgan fingerprint density at radius 2 is 1.85 bits per heavy atom. The van der Waals surface area contributed by atoms with Crippen LogP contribution in [0, 0.1) is 17.3 Å². The molecule has 0 aromatic heterocycles. The molecule has 0 spiro atoms. The highest BCUT2D eigenvalue weighted by molar-refractivity contribution is 5.89. The first-order chi connectivity index (χ1) is 15.5. The molecule has 2 aromatic rings. The van der Waals surface area contributed by atoms with E-state index in [2.05, 4.69) is 12.2 Å². The first kappa shape index (κ1) is 23.9. The Balaban J connectivity index is 1.53. The zero-order chi connectivity index (χ0) is 24.0. The molecule has 2 atom stereocenters. The summed E-state index contributed by atoms with van der Waals surface area (Å²) < 4.78 is 48.0. The number of halogens is 3. The summed E-state index contributed by atoms with van der Waals surface area (Å²) in [6, 6.07) is 8.20. The lowest BCUT2D eigenvalue weighted by atomic mass is 9.58. The smallest absolute Gasteiger partial charge is 0.420 e. The van der Waals surface area contributed by atoms with Gasteiger partial charge in [-0.15, -0.1) is 0 Å². The van der Waals surface area contributed by atoms with Gasteiger partial charge in [-0.2, -0.15) is 13.2 Å². The summed E-state index contributed by atoms with van der Waals surface area (Å²) in [7, 11) is 0. The molecule has 0 amide bonds. The number of ether oxygens (including phenoxy) is 1. The summed E-state index contributed by atoms with van der Waals surface area (Å²) in [4.78, 5) is 11.3. The lowest BCUT2D eigenvalue weighted by Crippen LogP contribution is -2.58. The molecule has 2 aliphatic carbocycles. The van der Waals surface area contributed by atoms with Crippen molar-refractivity contribution in [3.8, 4) is 5.75 Å². The Hall–Kier alpha value is -2.28. The van der Waals surface area contributed by atoms with Crippen molar-refractivity contribution < 1.29 is 27.8 Å². The van der Waals surface area contributed by atoms with Gasteiger partial charge in [0.2, 0.25) is 0 Å². The minimum absolute atomic E-state index is 0.0500. The van der Waals surface area contributed by atoms with E-state index in [0.29, 0.717) is 24.3 Å². The molecule has 0 radical (unpaired) electrons. The van der Waals surface area contributed by atoms with Crippen LogP contribution in [0.15, 0.2) is 30.3 Å². The van der Waals surface area contributed by atoms with Gasteiger partial charge in [0.05, 0.1) is 12.0 Å². The third-order valence-corrected chi connectivity index (χ3v) is 7.70. The number of aliphatic carboxylic acids is 1. The van der Waals surface area contributed by atoms with Gasteiger partial charge in [0, 0.05) is 12.6 Å². The van der Waals surface area contributed by atoms with Crippen molar-refractivity contribution in [2.75, 3.05) is 0 Å². The number of rotatable bonds is 6. The Kier molecular flexibility index (Phi) is 6.38. The topological polar surface area (TPSA) is 58.6 Å². The summed E-state index contributed by atoms with van der Waals surface area (Å²) >= 11 is 0. The zero-order valence-corrected chi connectivity index (χ0v) is 19.3. The fourth-order valence-electron chi connectivity index (χ4n) is 5.32. The van der Waals surface area contributed by atoms with Crippen LogP contribution in [-0.4, -0.2) is 23.2 Å². The average molecular weight is 464 g/mol. The van der Waals surface area contributed by atoms with Crippen LogP contribution in [-0.2, 0) is 17.5 Å². The lowest BCUT2D eigenvalue weighted by molar-refractivity contribution is -0.155. The molecule has 0 heterocycles. The van der Waals surface area contributed by atoms with Gasteiger partial charge in [-0.05, 0) is 71.9 Å². The molecule has 2 saturated carbocycles. The second-order valence-electron chi connectivity index (χ2n) is 10.4. The first-order valence-electron chi connectivity index (χ1n) is 11.7. The number of carbonyl (C=O) groups is 1. The average Bonchev–Trinajstić information content (AvgIpc) is 2.73. The van der Waals surface area contributed by atoms with Gasteiger partial charge < -0.3 is 15.2 Å².